The van der Waals surface area contributed by atoms with Crippen molar-refractivity contribution in [3.8, 4) is 11.3 Å². The van der Waals surface area contributed by atoms with Crippen molar-refractivity contribution in [2.24, 2.45) is 16.1 Å². The lowest BCUT2D eigenvalue weighted by molar-refractivity contribution is 0.410. The number of hydrogen-bond donors (Lipinski definition) is 4. The smallest absolute Gasteiger partial charge is 0.192 e. The number of hydrogen-bond acceptors (Lipinski definition) is 4. The van der Waals surface area contributed by atoms with Crippen LogP contribution in [0.5, 0.6) is 0 Å². The average Bonchev–Trinajstić information content (AvgIpc) is 2.91. The topological polar surface area (TPSA) is 99.2 Å². The van der Waals surface area contributed by atoms with Crippen LogP contribution in [-0.2, 0) is 0 Å². The van der Waals surface area contributed by atoms with Gasteiger partial charge in [0.05, 0.1) is 17.7 Å². The molecule has 0 aliphatic rings. The van der Waals surface area contributed by atoms with Crippen LogP contribution < -0.4 is 16.4 Å². The molecular formula is C16H22N6S. The van der Waals surface area contributed by atoms with Gasteiger partial charge in [-0.05, 0) is 17.5 Å². The third-order valence-electron chi connectivity index (χ3n) is 2.83. The standard InChI is InChI=1S/C16H22N6S/c1-16(2,3)9-19-10-20-12-6-4-5-11(7-12)13-8-23-15(21-13)22-14(17)18/h4-8,10H,9H2,1-3H3,(H,19,20)(H4,17,18,21,22). The number of benzene rings is 1. The van der Waals surface area contributed by atoms with E-state index in [0.29, 0.717) is 5.13 Å². The van der Waals surface area contributed by atoms with Crippen molar-refractivity contribution >= 4 is 34.5 Å². The number of guanidine groups is 1. The Morgan fingerprint density at radius 2 is 2.22 bits per heavy atom. The number of thiazole rings is 1. The number of nitrogens with zero attached hydrogens (tertiary/aromatic N) is 2. The number of anilines is 1. The van der Waals surface area contributed by atoms with E-state index in [1.807, 2.05) is 29.6 Å². The predicted molar refractivity (Wildman–Crippen MR) is 98.7 cm³/mol. The van der Waals surface area contributed by atoms with Crippen LogP contribution in [0.4, 0.5) is 10.8 Å². The molecule has 1 aromatic heterocycles. The monoisotopic (exact) mass is 330 g/mol. The summed E-state index contributed by atoms with van der Waals surface area (Å²) in [4.78, 5) is 8.83. The van der Waals surface area contributed by atoms with Gasteiger partial charge in [-0.25, -0.2) is 9.98 Å². The highest BCUT2D eigenvalue weighted by molar-refractivity contribution is 7.14. The molecule has 7 heteroatoms. The first-order valence-corrected chi connectivity index (χ1v) is 8.14. The van der Waals surface area contributed by atoms with E-state index in [0.717, 1.165) is 23.5 Å². The summed E-state index contributed by atoms with van der Waals surface area (Å²) in [6.45, 7) is 7.37. The Hall–Kier alpha value is -2.41. The van der Waals surface area contributed by atoms with Gasteiger partial charge in [0.25, 0.3) is 0 Å². The quantitative estimate of drug-likeness (QED) is 0.498. The largest absolute Gasteiger partial charge is 0.376 e. The summed E-state index contributed by atoms with van der Waals surface area (Å²) in [6.07, 6.45) is 1.73. The van der Waals surface area contributed by atoms with Crippen molar-refractivity contribution in [2.45, 2.75) is 20.8 Å². The van der Waals surface area contributed by atoms with Gasteiger partial charge >= 0.3 is 0 Å². The normalized spacial score (nSPS) is 11.6. The fourth-order valence-corrected chi connectivity index (χ4v) is 2.53. The number of nitrogens with one attached hydrogen (secondary N) is 3. The fourth-order valence-electron chi connectivity index (χ4n) is 1.80. The molecule has 0 amide bonds. The maximum Gasteiger partial charge on any atom is 0.192 e. The van der Waals surface area contributed by atoms with E-state index < -0.39 is 0 Å². The molecule has 1 aromatic carbocycles. The molecule has 6 nitrogen and oxygen atoms in total. The van der Waals surface area contributed by atoms with Gasteiger partial charge in [-0.3, -0.25) is 5.41 Å². The van der Waals surface area contributed by atoms with Crippen LogP contribution in [0.25, 0.3) is 11.3 Å². The molecule has 122 valence electrons. The minimum atomic E-state index is -0.117. The average molecular weight is 330 g/mol. The van der Waals surface area contributed by atoms with Crippen molar-refractivity contribution in [3.63, 3.8) is 0 Å². The van der Waals surface area contributed by atoms with Crippen LogP contribution in [0.2, 0.25) is 0 Å². The number of aliphatic imine (C=N–C) groups is 1. The third-order valence-corrected chi connectivity index (χ3v) is 3.58. The second-order valence-electron chi connectivity index (χ2n) is 6.33. The molecule has 0 fully saturated rings. The molecule has 0 aliphatic heterocycles. The van der Waals surface area contributed by atoms with Crippen molar-refractivity contribution in [3.05, 3.63) is 29.6 Å². The number of nitrogens with two attached hydrogens (primary N) is 1. The molecule has 0 spiro atoms. The Morgan fingerprint density at radius 1 is 1.43 bits per heavy atom. The number of rotatable bonds is 5. The summed E-state index contributed by atoms with van der Waals surface area (Å²) >= 11 is 1.41. The van der Waals surface area contributed by atoms with Gasteiger partial charge in [0, 0.05) is 17.5 Å². The van der Waals surface area contributed by atoms with Crippen molar-refractivity contribution in [2.75, 3.05) is 11.9 Å². The molecule has 0 bridgehead atoms. The summed E-state index contributed by atoms with van der Waals surface area (Å²) in [5.74, 6) is -0.117. The summed E-state index contributed by atoms with van der Waals surface area (Å²) in [7, 11) is 0. The molecule has 23 heavy (non-hydrogen) atoms. The van der Waals surface area contributed by atoms with Gasteiger partial charge in [-0.1, -0.05) is 32.9 Å². The molecule has 0 aliphatic carbocycles. The van der Waals surface area contributed by atoms with Crippen LogP contribution >= 0.6 is 11.3 Å². The van der Waals surface area contributed by atoms with Crippen LogP contribution in [0, 0.1) is 10.8 Å². The Kier molecular flexibility index (Phi) is 5.33. The Balaban J connectivity index is 2.06. The van der Waals surface area contributed by atoms with E-state index in [1.54, 1.807) is 6.34 Å². The minimum absolute atomic E-state index is 0.117. The van der Waals surface area contributed by atoms with Gasteiger partial charge in [0.1, 0.15) is 0 Å². The van der Waals surface area contributed by atoms with E-state index in [-0.39, 0.29) is 11.4 Å². The van der Waals surface area contributed by atoms with Gasteiger partial charge in [-0.2, -0.15) is 0 Å². The van der Waals surface area contributed by atoms with E-state index in [4.69, 9.17) is 11.1 Å². The lowest BCUT2D eigenvalue weighted by atomic mass is 9.97. The predicted octanol–water partition coefficient (Wildman–Crippen LogP) is 3.41. The fraction of sp³-hybridized carbons (Fsp3) is 0.312. The van der Waals surface area contributed by atoms with E-state index in [9.17, 15) is 0 Å². The zero-order chi connectivity index (χ0) is 16.9. The summed E-state index contributed by atoms with van der Waals surface area (Å²) in [6, 6.07) is 7.85. The first-order chi connectivity index (χ1) is 10.8. The lowest BCUT2D eigenvalue weighted by Crippen LogP contribution is -2.25. The molecule has 0 saturated heterocycles. The summed E-state index contributed by atoms with van der Waals surface area (Å²) in [5, 5.41) is 15.7. The molecule has 1 heterocycles. The summed E-state index contributed by atoms with van der Waals surface area (Å²) < 4.78 is 0. The molecule has 0 radical (unpaired) electrons. The number of aromatic nitrogens is 1. The minimum Gasteiger partial charge on any atom is -0.376 e. The highest BCUT2D eigenvalue weighted by Gasteiger charge is 2.08. The molecule has 5 N–H and O–H groups in total. The van der Waals surface area contributed by atoms with Crippen LogP contribution in [-0.4, -0.2) is 23.8 Å². The van der Waals surface area contributed by atoms with Gasteiger partial charge in [0.15, 0.2) is 11.1 Å². The summed E-state index contributed by atoms with van der Waals surface area (Å²) in [5.41, 5.74) is 8.19. The maximum atomic E-state index is 7.23. The zero-order valence-corrected chi connectivity index (χ0v) is 14.4. The molecule has 2 rings (SSSR count). The van der Waals surface area contributed by atoms with Crippen molar-refractivity contribution in [1.82, 2.24) is 10.3 Å². The van der Waals surface area contributed by atoms with E-state index in [1.165, 1.54) is 11.3 Å². The molecular weight excluding hydrogens is 308 g/mol. The Labute approximate surface area is 140 Å². The molecule has 2 aromatic rings. The van der Waals surface area contributed by atoms with Gasteiger partial charge in [0.2, 0.25) is 0 Å². The highest BCUT2D eigenvalue weighted by Crippen LogP contribution is 2.27. The van der Waals surface area contributed by atoms with Crippen LogP contribution in [0.3, 0.4) is 0 Å². The SMILES string of the molecule is CC(C)(C)CN/C=N/c1cccc(-c2csc(NC(=N)N)n2)c1. The maximum absolute atomic E-state index is 7.23. The first kappa shape index (κ1) is 17.0. The molecule has 0 saturated carbocycles. The van der Waals surface area contributed by atoms with Crippen LogP contribution in [0.15, 0.2) is 34.6 Å². The first-order valence-electron chi connectivity index (χ1n) is 7.26. The zero-order valence-electron chi connectivity index (χ0n) is 13.6. The van der Waals surface area contributed by atoms with E-state index in [2.05, 4.69) is 41.4 Å². The van der Waals surface area contributed by atoms with Gasteiger partial charge < -0.3 is 16.4 Å². The highest BCUT2D eigenvalue weighted by atomic mass is 32.1. The van der Waals surface area contributed by atoms with E-state index >= 15 is 0 Å². The second-order valence-corrected chi connectivity index (χ2v) is 7.18. The Bertz CT molecular complexity index is 699. The molecule has 0 unspecified atom stereocenters. The third kappa shape index (κ3) is 5.71. The van der Waals surface area contributed by atoms with Crippen molar-refractivity contribution < 1.29 is 0 Å². The Morgan fingerprint density at radius 3 is 2.91 bits per heavy atom. The second kappa shape index (κ2) is 7.23. The van der Waals surface area contributed by atoms with Crippen LogP contribution in [0.1, 0.15) is 20.8 Å². The lowest BCUT2D eigenvalue weighted by Gasteiger charge is -2.17. The van der Waals surface area contributed by atoms with Gasteiger partial charge in [-0.15, -0.1) is 11.3 Å². The molecule has 0 atom stereocenters. The van der Waals surface area contributed by atoms with Crippen molar-refractivity contribution in [1.29, 1.82) is 5.41 Å².